The Kier molecular flexibility index (Phi) is 4.44. The molecule has 2 heteroatoms. The molecule has 0 aromatic heterocycles. The molecule has 1 unspecified atom stereocenters. The van der Waals surface area contributed by atoms with Crippen LogP contribution >= 0.6 is 0 Å². The quantitative estimate of drug-likeness (QED) is 0.836. The second kappa shape index (κ2) is 5.36. The molecular formula is C17H26O2. The van der Waals surface area contributed by atoms with E-state index in [1.165, 1.54) is 5.56 Å². The topological polar surface area (TPSA) is 37.3 Å². The molecule has 0 aliphatic heterocycles. The monoisotopic (exact) mass is 262 g/mol. The largest absolute Gasteiger partial charge is 0.478 e. The van der Waals surface area contributed by atoms with Gasteiger partial charge in [0.2, 0.25) is 0 Å². The third-order valence-electron chi connectivity index (χ3n) is 3.42. The van der Waals surface area contributed by atoms with Crippen molar-refractivity contribution in [2.45, 2.75) is 53.9 Å². The van der Waals surface area contributed by atoms with E-state index in [9.17, 15) is 4.79 Å². The van der Waals surface area contributed by atoms with Gasteiger partial charge in [-0.25, -0.2) is 4.79 Å². The molecule has 2 nitrogen and oxygen atoms in total. The Hall–Kier alpha value is -1.31. The zero-order chi connectivity index (χ0) is 14.8. The number of carbonyl (C=O) groups is 1. The van der Waals surface area contributed by atoms with Gasteiger partial charge < -0.3 is 5.11 Å². The molecule has 0 heterocycles. The number of hydrogen-bond acceptors (Lipinski definition) is 1. The molecule has 0 amide bonds. The maximum Gasteiger partial charge on any atom is 0.335 e. The highest BCUT2D eigenvalue weighted by atomic mass is 16.4. The van der Waals surface area contributed by atoms with Crippen molar-refractivity contribution in [2.75, 3.05) is 0 Å². The summed E-state index contributed by atoms with van der Waals surface area (Å²) >= 11 is 0. The normalized spacial score (nSPS) is 14.2. The van der Waals surface area contributed by atoms with Gasteiger partial charge in [-0.1, -0.05) is 53.7 Å². The van der Waals surface area contributed by atoms with Crippen molar-refractivity contribution in [1.82, 2.24) is 0 Å². The van der Waals surface area contributed by atoms with E-state index in [-0.39, 0.29) is 10.8 Å². The molecule has 0 saturated heterocycles. The summed E-state index contributed by atoms with van der Waals surface area (Å²) in [5.74, 6) is -0.440. The van der Waals surface area contributed by atoms with Crippen LogP contribution in [0.25, 0.3) is 0 Å². The Labute approximate surface area is 116 Å². The van der Waals surface area contributed by atoms with E-state index in [0.29, 0.717) is 11.5 Å². The van der Waals surface area contributed by atoms with Gasteiger partial charge in [-0.05, 0) is 40.9 Å². The van der Waals surface area contributed by atoms with Crippen molar-refractivity contribution in [1.29, 1.82) is 0 Å². The Morgan fingerprint density at radius 3 is 1.84 bits per heavy atom. The van der Waals surface area contributed by atoms with Gasteiger partial charge in [0.1, 0.15) is 0 Å². The van der Waals surface area contributed by atoms with Gasteiger partial charge in [-0.2, -0.15) is 0 Å². The van der Waals surface area contributed by atoms with Gasteiger partial charge in [0.15, 0.2) is 0 Å². The lowest BCUT2D eigenvalue weighted by Crippen LogP contribution is -2.23. The number of rotatable bonds is 3. The van der Waals surface area contributed by atoms with E-state index in [0.717, 1.165) is 6.42 Å². The molecule has 1 rings (SSSR count). The minimum Gasteiger partial charge on any atom is -0.478 e. The molecule has 1 atom stereocenters. The molecule has 0 aliphatic rings. The maximum absolute atomic E-state index is 10.9. The lowest BCUT2D eigenvalue weighted by Gasteiger charge is -2.36. The minimum atomic E-state index is -0.866. The molecule has 0 saturated carbocycles. The predicted molar refractivity (Wildman–Crippen MR) is 79.7 cm³/mol. The van der Waals surface area contributed by atoms with Crippen LogP contribution in [0.15, 0.2) is 24.3 Å². The molecule has 0 fully saturated rings. The fourth-order valence-electron chi connectivity index (χ4n) is 2.39. The lowest BCUT2D eigenvalue weighted by molar-refractivity contribution is 0.0697. The van der Waals surface area contributed by atoms with E-state index >= 15 is 0 Å². The molecule has 1 aromatic rings. The average molecular weight is 262 g/mol. The fraction of sp³-hybridized carbons (Fsp3) is 0.588. The van der Waals surface area contributed by atoms with Crippen LogP contribution < -0.4 is 0 Å². The van der Waals surface area contributed by atoms with E-state index in [2.05, 4.69) is 41.5 Å². The summed E-state index contributed by atoms with van der Waals surface area (Å²) < 4.78 is 0. The van der Waals surface area contributed by atoms with Crippen molar-refractivity contribution in [3.05, 3.63) is 35.4 Å². The Balaban J connectivity index is 3.08. The summed E-state index contributed by atoms with van der Waals surface area (Å²) in [5.41, 5.74) is 2.00. The highest BCUT2D eigenvalue weighted by molar-refractivity contribution is 5.87. The number of aromatic carboxylic acids is 1. The fourth-order valence-corrected chi connectivity index (χ4v) is 2.39. The number of hydrogen-bond donors (Lipinski definition) is 1. The number of carboxylic acids is 1. The summed E-state index contributed by atoms with van der Waals surface area (Å²) in [6, 6.07) is 7.34. The summed E-state index contributed by atoms with van der Waals surface area (Å²) in [4.78, 5) is 10.9. The molecule has 0 spiro atoms. The molecule has 1 aromatic carbocycles. The zero-order valence-corrected chi connectivity index (χ0v) is 12.9. The van der Waals surface area contributed by atoms with Crippen molar-refractivity contribution < 1.29 is 9.90 Å². The highest BCUT2D eigenvalue weighted by Gasteiger charge is 2.30. The Morgan fingerprint density at radius 2 is 1.53 bits per heavy atom. The van der Waals surface area contributed by atoms with E-state index in [4.69, 9.17) is 5.11 Å². The Bertz CT molecular complexity index is 430. The maximum atomic E-state index is 10.9. The molecule has 1 N–H and O–H groups in total. The molecule has 0 bridgehead atoms. The van der Waals surface area contributed by atoms with E-state index in [1.807, 2.05) is 12.1 Å². The van der Waals surface area contributed by atoms with Gasteiger partial charge in [0, 0.05) is 0 Å². The number of carboxylic acid groups (broad SMARTS) is 1. The summed E-state index contributed by atoms with van der Waals surface area (Å²) in [5, 5.41) is 8.96. The lowest BCUT2D eigenvalue weighted by atomic mass is 9.69. The van der Waals surface area contributed by atoms with Gasteiger partial charge in [-0.15, -0.1) is 0 Å². The van der Waals surface area contributed by atoms with Crippen molar-refractivity contribution in [3.8, 4) is 0 Å². The standard InChI is InChI=1S/C17H26O2/c1-16(2,3)11-14(17(4,5)6)12-7-9-13(10-8-12)15(18)19/h7-10,14H,11H2,1-6H3,(H,18,19). The minimum absolute atomic E-state index is 0.165. The summed E-state index contributed by atoms with van der Waals surface area (Å²) in [7, 11) is 0. The molecule has 0 radical (unpaired) electrons. The summed E-state index contributed by atoms with van der Waals surface area (Å²) in [6.07, 6.45) is 1.09. The first-order chi connectivity index (χ1) is 8.50. The average Bonchev–Trinajstić information content (AvgIpc) is 2.23. The van der Waals surface area contributed by atoms with Crippen LogP contribution in [0.3, 0.4) is 0 Å². The second-order valence-corrected chi connectivity index (χ2v) is 7.61. The SMILES string of the molecule is CC(C)(C)CC(c1ccc(C(=O)O)cc1)C(C)(C)C. The van der Waals surface area contributed by atoms with Crippen molar-refractivity contribution >= 4 is 5.97 Å². The van der Waals surface area contributed by atoms with Gasteiger partial charge in [0.05, 0.1) is 5.56 Å². The van der Waals surface area contributed by atoms with E-state index < -0.39 is 5.97 Å². The van der Waals surface area contributed by atoms with Crippen molar-refractivity contribution in [2.24, 2.45) is 10.8 Å². The second-order valence-electron chi connectivity index (χ2n) is 7.61. The third-order valence-corrected chi connectivity index (χ3v) is 3.42. The first kappa shape index (κ1) is 15.7. The van der Waals surface area contributed by atoms with Gasteiger partial charge in [0.25, 0.3) is 0 Å². The molecule has 19 heavy (non-hydrogen) atoms. The van der Waals surface area contributed by atoms with Gasteiger partial charge in [-0.3, -0.25) is 0 Å². The van der Waals surface area contributed by atoms with Gasteiger partial charge >= 0.3 is 5.97 Å². The van der Waals surface area contributed by atoms with Crippen LogP contribution in [0.2, 0.25) is 0 Å². The van der Waals surface area contributed by atoms with Crippen molar-refractivity contribution in [3.63, 3.8) is 0 Å². The predicted octanol–water partition coefficient (Wildman–Crippen LogP) is 4.95. The van der Waals surface area contributed by atoms with Crippen LogP contribution in [-0.4, -0.2) is 11.1 Å². The van der Waals surface area contributed by atoms with Crippen LogP contribution in [0.4, 0.5) is 0 Å². The van der Waals surface area contributed by atoms with E-state index in [1.54, 1.807) is 12.1 Å². The molecule has 106 valence electrons. The highest BCUT2D eigenvalue weighted by Crippen LogP contribution is 2.42. The smallest absolute Gasteiger partial charge is 0.335 e. The Morgan fingerprint density at radius 1 is 1.05 bits per heavy atom. The molecular weight excluding hydrogens is 236 g/mol. The third kappa shape index (κ3) is 4.70. The summed E-state index contributed by atoms with van der Waals surface area (Å²) in [6.45, 7) is 13.5. The zero-order valence-electron chi connectivity index (χ0n) is 12.9. The van der Waals surface area contributed by atoms with Crippen LogP contribution in [-0.2, 0) is 0 Å². The molecule has 0 aliphatic carbocycles. The first-order valence-corrected chi connectivity index (χ1v) is 6.84. The van der Waals surface area contributed by atoms with Crippen LogP contribution in [0, 0.1) is 10.8 Å². The van der Waals surface area contributed by atoms with Crippen LogP contribution in [0.5, 0.6) is 0 Å². The number of benzene rings is 1. The van der Waals surface area contributed by atoms with Crippen LogP contribution in [0.1, 0.15) is 69.8 Å². The first-order valence-electron chi connectivity index (χ1n) is 6.84.